The molecule has 0 aromatic carbocycles. The van der Waals surface area contributed by atoms with E-state index < -0.39 is 11.9 Å². The number of halogens is 3. The third kappa shape index (κ3) is 5.99. The van der Waals surface area contributed by atoms with Gasteiger partial charge in [-0.25, -0.2) is 4.98 Å². The summed E-state index contributed by atoms with van der Waals surface area (Å²) >= 11 is 5.19. The van der Waals surface area contributed by atoms with E-state index in [0.29, 0.717) is 31.5 Å². The van der Waals surface area contributed by atoms with Crippen molar-refractivity contribution in [2.24, 2.45) is 11.8 Å². The van der Waals surface area contributed by atoms with Gasteiger partial charge in [0.15, 0.2) is 10.8 Å². The Bertz CT molecular complexity index is 836. The summed E-state index contributed by atoms with van der Waals surface area (Å²) in [6.07, 6.45) is -0.208. The van der Waals surface area contributed by atoms with Crippen molar-refractivity contribution < 1.29 is 13.2 Å². The van der Waals surface area contributed by atoms with Crippen molar-refractivity contribution in [2.45, 2.75) is 33.0 Å². The van der Waals surface area contributed by atoms with Crippen LogP contribution in [-0.2, 0) is 12.7 Å². The molecule has 3 heterocycles. The number of thiocarbonyl (C=S) groups is 1. The fourth-order valence-electron chi connectivity index (χ4n) is 3.48. The Balaban J connectivity index is 1.77. The van der Waals surface area contributed by atoms with Gasteiger partial charge in [-0.15, -0.1) is 0 Å². The van der Waals surface area contributed by atoms with Gasteiger partial charge in [0.2, 0.25) is 5.95 Å². The third-order valence-corrected chi connectivity index (χ3v) is 4.84. The monoisotopic (exact) mass is 424 g/mol. The Kier molecular flexibility index (Phi) is 6.51. The van der Waals surface area contributed by atoms with Gasteiger partial charge in [-0.1, -0.05) is 19.9 Å². The molecule has 1 aliphatic rings. The van der Waals surface area contributed by atoms with Crippen molar-refractivity contribution in [3.63, 3.8) is 0 Å². The summed E-state index contributed by atoms with van der Waals surface area (Å²) in [5, 5.41) is 5.74. The fourth-order valence-corrected chi connectivity index (χ4v) is 3.64. The average molecular weight is 424 g/mol. The quantitative estimate of drug-likeness (QED) is 0.723. The fraction of sp³-hybridized carbons (Fsp3) is 0.474. The number of piperidine rings is 1. The van der Waals surface area contributed by atoms with Gasteiger partial charge in [-0.05, 0) is 42.1 Å². The Hall–Kier alpha value is -2.49. The number of nitrogens with zero attached hydrogens (tertiary/aromatic N) is 4. The van der Waals surface area contributed by atoms with Crippen LogP contribution >= 0.6 is 12.2 Å². The van der Waals surface area contributed by atoms with Gasteiger partial charge in [-0.2, -0.15) is 18.2 Å². The SMILES string of the molecule is C[C@H]1C[C@H](C)CN(c2cc(C(F)(F)F)nc(NC(=S)NCc3cccnc3)n2)C1. The first-order valence-electron chi connectivity index (χ1n) is 9.35. The summed E-state index contributed by atoms with van der Waals surface area (Å²) in [4.78, 5) is 13.8. The molecule has 0 bridgehead atoms. The van der Waals surface area contributed by atoms with E-state index in [-0.39, 0.29) is 16.9 Å². The van der Waals surface area contributed by atoms with Crippen molar-refractivity contribution >= 4 is 29.1 Å². The highest BCUT2D eigenvalue weighted by molar-refractivity contribution is 7.80. The number of pyridine rings is 1. The van der Waals surface area contributed by atoms with E-state index in [2.05, 4.69) is 39.4 Å². The summed E-state index contributed by atoms with van der Waals surface area (Å²) in [6, 6.07) is 4.65. The van der Waals surface area contributed by atoms with Crippen LogP contribution in [0.3, 0.4) is 0 Å². The molecular weight excluding hydrogens is 401 g/mol. The van der Waals surface area contributed by atoms with Crippen molar-refractivity contribution in [1.29, 1.82) is 0 Å². The van der Waals surface area contributed by atoms with Gasteiger partial charge in [0.05, 0.1) is 0 Å². The van der Waals surface area contributed by atoms with Crippen LogP contribution in [0.25, 0.3) is 0 Å². The maximum atomic E-state index is 13.4. The molecule has 1 saturated heterocycles. The molecule has 3 rings (SSSR count). The van der Waals surface area contributed by atoms with E-state index in [1.165, 1.54) is 0 Å². The zero-order chi connectivity index (χ0) is 21.0. The molecule has 29 heavy (non-hydrogen) atoms. The second-order valence-electron chi connectivity index (χ2n) is 7.45. The number of aromatic nitrogens is 3. The molecule has 2 N–H and O–H groups in total. The Labute approximate surface area is 173 Å². The minimum absolute atomic E-state index is 0.138. The lowest BCUT2D eigenvalue weighted by molar-refractivity contribution is -0.141. The molecule has 6 nitrogen and oxygen atoms in total. The lowest BCUT2D eigenvalue weighted by Crippen LogP contribution is -2.39. The number of rotatable bonds is 4. The molecule has 0 amide bonds. The summed E-state index contributed by atoms with van der Waals surface area (Å²) in [6.45, 7) is 5.87. The van der Waals surface area contributed by atoms with Gasteiger partial charge in [0, 0.05) is 38.1 Å². The predicted molar refractivity (Wildman–Crippen MR) is 109 cm³/mol. The van der Waals surface area contributed by atoms with Crippen molar-refractivity contribution in [1.82, 2.24) is 20.3 Å². The van der Waals surface area contributed by atoms with Crippen LogP contribution in [0.4, 0.5) is 24.9 Å². The first-order chi connectivity index (χ1) is 13.7. The number of nitrogens with one attached hydrogen (secondary N) is 2. The van der Waals surface area contributed by atoms with Gasteiger partial charge < -0.3 is 15.5 Å². The van der Waals surface area contributed by atoms with E-state index in [4.69, 9.17) is 12.2 Å². The minimum Gasteiger partial charge on any atom is -0.358 e. The van der Waals surface area contributed by atoms with Crippen LogP contribution in [-0.4, -0.2) is 33.2 Å². The Morgan fingerprint density at radius 2 is 1.97 bits per heavy atom. The first kappa shape index (κ1) is 21.2. The van der Waals surface area contributed by atoms with Gasteiger partial charge in [0.1, 0.15) is 5.82 Å². The Morgan fingerprint density at radius 1 is 1.24 bits per heavy atom. The van der Waals surface area contributed by atoms with Crippen LogP contribution in [0.1, 0.15) is 31.5 Å². The largest absolute Gasteiger partial charge is 0.433 e. The maximum Gasteiger partial charge on any atom is 0.433 e. The summed E-state index contributed by atoms with van der Waals surface area (Å²) in [7, 11) is 0. The smallest absolute Gasteiger partial charge is 0.358 e. The number of anilines is 2. The van der Waals surface area contributed by atoms with E-state index in [9.17, 15) is 13.2 Å². The molecule has 2 atom stereocenters. The van der Waals surface area contributed by atoms with Gasteiger partial charge in [0.25, 0.3) is 0 Å². The third-order valence-electron chi connectivity index (χ3n) is 4.60. The molecule has 2 aromatic rings. The number of hydrogen-bond donors (Lipinski definition) is 2. The van der Waals surface area contributed by atoms with Crippen LogP contribution in [0.5, 0.6) is 0 Å². The molecular formula is C19H23F3N6S. The minimum atomic E-state index is -4.58. The maximum absolute atomic E-state index is 13.4. The second kappa shape index (κ2) is 8.89. The topological polar surface area (TPSA) is 66.0 Å². The lowest BCUT2D eigenvalue weighted by atomic mass is 9.92. The van der Waals surface area contributed by atoms with E-state index in [1.807, 2.05) is 11.0 Å². The molecule has 1 fully saturated rings. The molecule has 0 spiro atoms. The molecule has 0 saturated carbocycles. The highest BCUT2D eigenvalue weighted by Gasteiger charge is 2.35. The van der Waals surface area contributed by atoms with Crippen molar-refractivity contribution in [2.75, 3.05) is 23.3 Å². The number of hydrogen-bond acceptors (Lipinski definition) is 5. The molecule has 156 valence electrons. The standard InChI is InChI=1S/C19H23F3N6S/c1-12-6-13(2)11-28(10-12)16-7-15(19(20,21)22)25-17(26-16)27-18(29)24-9-14-4-3-5-23-8-14/h3-5,7-8,12-13H,6,9-11H2,1-2H3,(H2,24,25,26,27,29)/t12-,13-/m0/s1. The highest BCUT2D eigenvalue weighted by atomic mass is 32.1. The molecule has 0 radical (unpaired) electrons. The summed E-state index contributed by atoms with van der Waals surface area (Å²) in [5.41, 5.74) is -0.107. The zero-order valence-corrected chi connectivity index (χ0v) is 17.0. The van der Waals surface area contributed by atoms with Crippen LogP contribution in [0.15, 0.2) is 30.6 Å². The second-order valence-corrected chi connectivity index (χ2v) is 7.86. The zero-order valence-electron chi connectivity index (χ0n) is 16.2. The molecule has 0 aliphatic carbocycles. The predicted octanol–water partition coefficient (Wildman–Crippen LogP) is 3.86. The van der Waals surface area contributed by atoms with Crippen molar-refractivity contribution in [3.05, 3.63) is 41.9 Å². The summed E-state index contributed by atoms with van der Waals surface area (Å²) in [5.74, 6) is 0.830. The van der Waals surface area contributed by atoms with Crippen molar-refractivity contribution in [3.8, 4) is 0 Å². The van der Waals surface area contributed by atoms with Gasteiger partial charge >= 0.3 is 6.18 Å². The van der Waals surface area contributed by atoms with E-state index in [0.717, 1.165) is 18.1 Å². The van der Waals surface area contributed by atoms with Crippen LogP contribution < -0.4 is 15.5 Å². The van der Waals surface area contributed by atoms with E-state index >= 15 is 0 Å². The Morgan fingerprint density at radius 3 is 2.59 bits per heavy atom. The molecule has 10 heteroatoms. The lowest BCUT2D eigenvalue weighted by Gasteiger charge is -2.36. The van der Waals surface area contributed by atoms with Crippen LogP contribution in [0.2, 0.25) is 0 Å². The number of alkyl halides is 3. The van der Waals surface area contributed by atoms with Crippen LogP contribution in [0, 0.1) is 11.8 Å². The molecule has 0 unspecified atom stereocenters. The average Bonchev–Trinajstić information content (AvgIpc) is 2.65. The normalized spacial score (nSPS) is 19.7. The molecule has 2 aromatic heterocycles. The summed E-state index contributed by atoms with van der Waals surface area (Å²) < 4.78 is 40.1. The van der Waals surface area contributed by atoms with E-state index in [1.54, 1.807) is 18.5 Å². The molecule has 1 aliphatic heterocycles. The highest BCUT2D eigenvalue weighted by Crippen LogP contribution is 2.32. The first-order valence-corrected chi connectivity index (χ1v) is 9.76. The van der Waals surface area contributed by atoms with Gasteiger partial charge in [-0.3, -0.25) is 4.98 Å².